The Hall–Kier alpha value is -2.84. The van der Waals surface area contributed by atoms with Gasteiger partial charge in [-0.3, -0.25) is 4.68 Å². The van der Waals surface area contributed by atoms with E-state index in [0.717, 1.165) is 42.4 Å². The summed E-state index contributed by atoms with van der Waals surface area (Å²) >= 11 is 0. The van der Waals surface area contributed by atoms with Crippen LogP contribution >= 0.6 is 0 Å². The molecule has 30 heavy (non-hydrogen) atoms. The van der Waals surface area contributed by atoms with Crippen LogP contribution in [0, 0.1) is 13.8 Å². The third kappa shape index (κ3) is 5.20. The summed E-state index contributed by atoms with van der Waals surface area (Å²) in [5.41, 5.74) is 3.90. The quantitative estimate of drug-likeness (QED) is 0.533. The van der Waals surface area contributed by atoms with Gasteiger partial charge in [-0.05, 0) is 39.3 Å². The second-order valence-electron chi connectivity index (χ2n) is 7.39. The van der Waals surface area contributed by atoms with Gasteiger partial charge in [-0.15, -0.1) is 0 Å². The Bertz CT molecular complexity index is 882. The number of guanidine groups is 1. The minimum absolute atomic E-state index is 0.151. The van der Waals surface area contributed by atoms with Gasteiger partial charge in [0.05, 0.1) is 17.9 Å². The van der Waals surface area contributed by atoms with Crippen LogP contribution in [0.15, 0.2) is 29.3 Å². The topological polar surface area (TPSA) is 66.7 Å². The zero-order valence-corrected chi connectivity index (χ0v) is 18.0. The first-order valence-corrected chi connectivity index (χ1v) is 10.2. The van der Waals surface area contributed by atoms with Crippen molar-refractivity contribution in [1.29, 1.82) is 0 Å². The molecule has 1 aliphatic rings. The van der Waals surface area contributed by atoms with Crippen LogP contribution in [0.4, 0.5) is 14.5 Å². The van der Waals surface area contributed by atoms with Gasteiger partial charge in [-0.25, -0.2) is 4.99 Å². The number of alkyl halides is 2. The average Bonchev–Trinajstić information content (AvgIpc) is 3.25. The molecule has 0 bridgehead atoms. The van der Waals surface area contributed by atoms with E-state index in [4.69, 9.17) is 4.99 Å². The largest absolute Gasteiger partial charge is 0.433 e. The van der Waals surface area contributed by atoms with Crippen molar-refractivity contribution in [2.75, 3.05) is 24.5 Å². The van der Waals surface area contributed by atoms with Crippen LogP contribution in [0.5, 0.6) is 5.75 Å². The minimum atomic E-state index is -2.84. The van der Waals surface area contributed by atoms with Gasteiger partial charge in [-0.1, -0.05) is 12.1 Å². The Kier molecular flexibility index (Phi) is 7.12. The van der Waals surface area contributed by atoms with Crippen molar-refractivity contribution in [2.45, 2.75) is 46.4 Å². The molecule has 2 aromatic rings. The van der Waals surface area contributed by atoms with Crippen LogP contribution in [-0.2, 0) is 13.6 Å². The van der Waals surface area contributed by atoms with Crippen molar-refractivity contribution in [3.63, 3.8) is 0 Å². The van der Waals surface area contributed by atoms with Crippen molar-refractivity contribution in [1.82, 2.24) is 20.4 Å². The molecular formula is C21H30F2N6O. The number of para-hydroxylation sites is 2. The fraction of sp³-hybridized carbons (Fsp3) is 0.524. The molecule has 2 heterocycles. The Balaban J connectivity index is 1.66. The number of halogens is 2. The molecule has 0 spiro atoms. The van der Waals surface area contributed by atoms with E-state index >= 15 is 0 Å². The second-order valence-corrected chi connectivity index (χ2v) is 7.39. The van der Waals surface area contributed by atoms with E-state index in [1.54, 1.807) is 12.1 Å². The van der Waals surface area contributed by atoms with E-state index in [2.05, 4.69) is 25.4 Å². The summed E-state index contributed by atoms with van der Waals surface area (Å²) in [6, 6.07) is 7.07. The molecule has 0 amide bonds. The highest BCUT2D eigenvalue weighted by Crippen LogP contribution is 2.31. The summed E-state index contributed by atoms with van der Waals surface area (Å²) in [7, 11) is 1.93. The molecule has 1 unspecified atom stereocenters. The van der Waals surface area contributed by atoms with Crippen LogP contribution in [0.3, 0.4) is 0 Å². The van der Waals surface area contributed by atoms with Gasteiger partial charge < -0.3 is 20.3 Å². The minimum Gasteiger partial charge on any atom is -0.433 e. The Morgan fingerprint density at radius 2 is 2.10 bits per heavy atom. The number of anilines is 1. The van der Waals surface area contributed by atoms with Gasteiger partial charge in [0.2, 0.25) is 0 Å². The van der Waals surface area contributed by atoms with Gasteiger partial charge in [0, 0.05) is 44.0 Å². The number of aliphatic imine (C=N–C) groups is 1. The monoisotopic (exact) mass is 420 g/mol. The predicted octanol–water partition coefficient (Wildman–Crippen LogP) is 2.97. The summed E-state index contributed by atoms with van der Waals surface area (Å²) in [4.78, 5) is 6.80. The molecule has 3 rings (SSSR count). The number of rotatable bonds is 7. The van der Waals surface area contributed by atoms with Crippen LogP contribution in [-0.4, -0.2) is 48.0 Å². The fourth-order valence-corrected chi connectivity index (χ4v) is 3.73. The van der Waals surface area contributed by atoms with E-state index in [1.807, 2.05) is 44.6 Å². The maximum atomic E-state index is 12.7. The lowest BCUT2D eigenvalue weighted by Crippen LogP contribution is -2.44. The molecule has 0 saturated carbocycles. The van der Waals surface area contributed by atoms with E-state index in [9.17, 15) is 8.78 Å². The molecule has 2 N–H and O–H groups in total. The van der Waals surface area contributed by atoms with E-state index in [-0.39, 0.29) is 11.8 Å². The van der Waals surface area contributed by atoms with Gasteiger partial charge in [0.1, 0.15) is 5.75 Å². The summed E-state index contributed by atoms with van der Waals surface area (Å²) in [5, 5.41) is 11.2. The molecule has 1 aliphatic heterocycles. The average molecular weight is 421 g/mol. The number of nitrogens with one attached hydrogen (secondary N) is 2. The fourth-order valence-electron chi connectivity index (χ4n) is 3.73. The van der Waals surface area contributed by atoms with Crippen molar-refractivity contribution >= 4 is 11.6 Å². The number of benzene rings is 1. The molecule has 1 aromatic carbocycles. The van der Waals surface area contributed by atoms with Gasteiger partial charge in [-0.2, -0.15) is 13.9 Å². The van der Waals surface area contributed by atoms with Crippen molar-refractivity contribution in [3.8, 4) is 5.75 Å². The molecule has 1 saturated heterocycles. The molecule has 164 valence electrons. The summed E-state index contributed by atoms with van der Waals surface area (Å²) < 4.78 is 32.0. The Morgan fingerprint density at radius 1 is 1.33 bits per heavy atom. The summed E-state index contributed by atoms with van der Waals surface area (Å²) in [6.07, 6.45) is 0.873. The van der Waals surface area contributed by atoms with Gasteiger partial charge in [0.25, 0.3) is 0 Å². The van der Waals surface area contributed by atoms with Crippen molar-refractivity contribution < 1.29 is 13.5 Å². The highest BCUT2D eigenvalue weighted by atomic mass is 19.3. The lowest BCUT2D eigenvalue weighted by atomic mass is 10.2. The maximum absolute atomic E-state index is 12.7. The molecule has 7 nitrogen and oxygen atoms in total. The number of nitrogens with zero attached hydrogens (tertiary/aromatic N) is 4. The molecule has 1 fully saturated rings. The summed E-state index contributed by atoms with van der Waals surface area (Å²) in [6.45, 7) is 5.94. The third-order valence-corrected chi connectivity index (χ3v) is 5.35. The maximum Gasteiger partial charge on any atom is 0.387 e. The Morgan fingerprint density at radius 3 is 2.77 bits per heavy atom. The standard InChI is InChI=1S/C21H30F2N6O/c1-5-24-21(25-12-17-14(2)27-28(4)15(17)3)26-16-10-11-29(13-16)18-8-6-7-9-19(18)30-20(22)23/h6-9,16,20H,5,10-13H2,1-4H3,(H2,24,25,26). The number of hydrogen-bond donors (Lipinski definition) is 2. The molecular weight excluding hydrogens is 390 g/mol. The lowest BCUT2D eigenvalue weighted by Gasteiger charge is -2.22. The number of aromatic nitrogens is 2. The molecule has 1 atom stereocenters. The van der Waals surface area contributed by atoms with Crippen LogP contribution in [0.1, 0.15) is 30.3 Å². The lowest BCUT2D eigenvalue weighted by molar-refractivity contribution is -0.0495. The SMILES string of the molecule is CCNC(=NCc1c(C)nn(C)c1C)NC1CCN(c2ccccc2OC(F)F)C1. The first kappa shape index (κ1) is 21.9. The smallest absolute Gasteiger partial charge is 0.387 e. The summed E-state index contributed by atoms with van der Waals surface area (Å²) in [5.74, 6) is 0.945. The number of ether oxygens (including phenoxy) is 1. The zero-order chi connectivity index (χ0) is 21.7. The van der Waals surface area contributed by atoms with E-state index in [1.165, 1.54) is 0 Å². The Labute approximate surface area is 176 Å². The van der Waals surface area contributed by atoms with Crippen LogP contribution in [0.2, 0.25) is 0 Å². The first-order valence-electron chi connectivity index (χ1n) is 10.2. The molecule has 1 aromatic heterocycles. The highest BCUT2D eigenvalue weighted by molar-refractivity contribution is 5.80. The van der Waals surface area contributed by atoms with Gasteiger partial charge >= 0.3 is 6.61 Å². The molecule has 0 radical (unpaired) electrons. The predicted molar refractivity (Wildman–Crippen MR) is 114 cm³/mol. The number of aryl methyl sites for hydroxylation is 2. The van der Waals surface area contributed by atoms with E-state index in [0.29, 0.717) is 18.8 Å². The van der Waals surface area contributed by atoms with Crippen molar-refractivity contribution in [3.05, 3.63) is 41.2 Å². The van der Waals surface area contributed by atoms with E-state index < -0.39 is 6.61 Å². The number of hydrogen-bond acceptors (Lipinski definition) is 4. The zero-order valence-electron chi connectivity index (χ0n) is 18.0. The third-order valence-electron chi connectivity index (χ3n) is 5.35. The van der Waals surface area contributed by atoms with Crippen LogP contribution < -0.4 is 20.3 Å². The normalized spacial score (nSPS) is 17.0. The van der Waals surface area contributed by atoms with Gasteiger partial charge in [0.15, 0.2) is 5.96 Å². The molecule has 9 heteroatoms. The molecule has 0 aliphatic carbocycles. The van der Waals surface area contributed by atoms with Crippen molar-refractivity contribution in [2.24, 2.45) is 12.0 Å². The second kappa shape index (κ2) is 9.77. The highest BCUT2D eigenvalue weighted by Gasteiger charge is 2.26. The van der Waals surface area contributed by atoms with Crippen LogP contribution in [0.25, 0.3) is 0 Å². The first-order chi connectivity index (χ1) is 14.4.